The van der Waals surface area contributed by atoms with E-state index in [4.69, 9.17) is 0 Å². The first-order valence-electron chi connectivity index (χ1n) is 5.48. The van der Waals surface area contributed by atoms with Gasteiger partial charge in [-0.2, -0.15) is 11.8 Å². The standard InChI is InChI=1S/C11H12O2S2/c12-11(13)4-3-7-8-5-1-2-6(14-5)9(8)10(4)15-7/h1-2,4-10H,3H2,(H,12,13). The Morgan fingerprint density at radius 1 is 1.20 bits per heavy atom. The number of aliphatic carboxylic acids is 1. The summed E-state index contributed by atoms with van der Waals surface area (Å²) in [4.78, 5) is 11.1. The largest absolute Gasteiger partial charge is 0.481 e. The Morgan fingerprint density at radius 3 is 2.67 bits per heavy atom. The van der Waals surface area contributed by atoms with Crippen LogP contribution in [0.3, 0.4) is 0 Å². The van der Waals surface area contributed by atoms with Crippen LogP contribution in [0.15, 0.2) is 12.2 Å². The molecule has 0 aromatic heterocycles. The van der Waals surface area contributed by atoms with Crippen LogP contribution >= 0.6 is 23.5 Å². The topological polar surface area (TPSA) is 37.3 Å². The number of fused-ring (bicyclic) bond motifs is 9. The molecule has 7 unspecified atom stereocenters. The lowest BCUT2D eigenvalue weighted by Crippen LogP contribution is -2.40. The molecule has 4 aliphatic heterocycles. The monoisotopic (exact) mass is 240 g/mol. The molecular weight excluding hydrogens is 228 g/mol. The van der Waals surface area contributed by atoms with Crippen LogP contribution in [0.5, 0.6) is 0 Å². The average molecular weight is 240 g/mol. The van der Waals surface area contributed by atoms with Crippen molar-refractivity contribution in [3.05, 3.63) is 12.2 Å². The Labute approximate surface area is 96.9 Å². The van der Waals surface area contributed by atoms with Crippen molar-refractivity contribution >= 4 is 29.5 Å². The number of carboxylic acids is 1. The molecule has 4 heterocycles. The molecule has 3 saturated heterocycles. The fourth-order valence-electron chi connectivity index (χ4n) is 3.82. The summed E-state index contributed by atoms with van der Waals surface area (Å²) in [5.41, 5.74) is 0. The summed E-state index contributed by atoms with van der Waals surface area (Å²) < 4.78 is 0. The van der Waals surface area contributed by atoms with Gasteiger partial charge in [0.1, 0.15) is 0 Å². The summed E-state index contributed by atoms with van der Waals surface area (Å²) in [6.07, 6.45) is 5.59. The molecule has 0 aromatic carbocycles. The van der Waals surface area contributed by atoms with Gasteiger partial charge in [0.25, 0.3) is 0 Å². The zero-order chi connectivity index (χ0) is 10.2. The average Bonchev–Trinajstić information content (AvgIpc) is 2.95. The summed E-state index contributed by atoms with van der Waals surface area (Å²) in [7, 11) is 0. The molecule has 1 N–H and O–H groups in total. The molecule has 4 rings (SSSR count). The van der Waals surface area contributed by atoms with E-state index in [1.165, 1.54) is 0 Å². The minimum Gasteiger partial charge on any atom is -0.481 e. The van der Waals surface area contributed by atoms with E-state index in [-0.39, 0.29) is 5.92 Å². The first-order chi connectivity index (χ1) is 7.25. The zero-order valence-electron chi connectivity index (χ0n) is 8.08. The lowest BCUT2D eigenvalue weighted by Gasteiger charge is -2.32. The van der Waals surface area contributed by atoms with E-state index in [1.54, 1.807) is 0 Å². The van der Waals surface area contributed by atoms with Gasteiger partial charge in [0, 0.05) is 21.0 Å². The van der Waals surface area contributed by atoms with Crippen LogP contribution in [0, 0.1) is 17.8 Å². The molecule has 7 atom stereocenters. The van der Waals surface area contributed by atoms with E-state index in [0.29, 0.717) is 26.9 Å². The summed E-state index contributed by atoms with van der Waals surface area (Å²) in [5.74, 6) is 0.824. The Kier molecular flexibility index (Phi) is 1.66. The van der Waals surface area contributed by atoms with Gasteiger partial charge in [-0.3, -0.25) is 4.79 Å². The number of carbonyl (C=O) groups is 1. The molecule has 0 radical (unpaired) electrons. The maximum absolute atomic E-state index is 11.1. The van der Waals surface area contributed by atoms with Crippen LogP contribution in [-0.4, -0.2) is 32.1 Å². The molecule has 0 aromatic rings. The van der Waals surface area contributed by atoms with Gasteiger partial charge in [-0.25, -0.2) is 0 Å². The van der Waals surface area contributed by atoms with Gasteiger partial charge >= 0.3 is 5.97 Å². The fourth-order valence-corrected chi connectivity index (χ4v) is 8.03. The third-order valence-corrected chi connectivity index (χ3v) is 7.73. The summed E-state index contributed by atoms with van der Waals surface area (Å²) >= 11 is 4.04. The number of hydrogen-bond acceptors (Lipinski definition) is 3. The zero-order valence-corrected chi connectivity index (χ0v) is 9.71. The minimum absolute atomic E-state index is 0.0606. The Bertz CT molecular complexity index is 368. The molecule has 4 aliphatic rings. The van der Waals surface area contributed by atoms with Crippen LogP contribution in [-0.2, 0) is 4.79 Å². The van der Waals surface area contributed by atoms with Gasteiger partial charge in [-0.1, -0.05) is 12.2 Å². The molecule has 0 spiro atoms. The van der Waals surface area contributed by atoms with Gasteiger partial charge in [0.2, 0.25) is 0 Å². The van der Waals surface area contributed by atoms with Gasteiger partial charge in [0.15, 0.2) is 0 Å². The van der Waals surface area contributed by atoms with Crippen molar-refractivity contribution in [3.8, 4) is 0 Å². The van der Waals surface area contributed by atoms with Crippen molar-refractivity contribution in [1.29, 1.82) is 0 Å². The second kappa shape index (κ2) is 2.77. The van der Waals surface area contributed by atoms with Crippen LogP contribution in [0.25, 0.3) is 0 Å². The van der Waals surface area contributed by atoms with E-state index in [2.05, 4.69) is 23.9 Å². The predicted molar refractivity (Wildman–Crippen MR) is 62.2 cm³/mol. The second-order valence-electron chi connectivity index (χ2n) is 4.92. The molecule has 0 saturated carbocycles. The van der Waals surface area contributed by atoms with E-state index in [9.17, 15) is 9.90 Å². The van der Waals surface area contributed by atoms with Crippen molar-refractivity contribution in [2.75, 3.05) is 0 Å². The summed E-state index contributed by atoms with van der Waals surface area (Å²) in [6, 6.07) is 0. The molecule has 3 fully saturated rings. The normalized spacial score (nSPS) is 58.8. The molecule has 80 valence electrons. The second-order valence-corrected chi connectivity index (χ2v) is 7.71. The van der Waals surface area contributed by atoms with Gasteiger partial charge in [-0.15, -0.1) is 11.8 Å². The number of thioether (sulfide) groups is 2. The molecule has 2 nitrogen and oxygen atoms in total. The number of carboxylic acid groups (broad SMARTS) is 1. The first kappa shape index (κ1) is 8.99. The number of rotatable bonds is 1. The van der Waals surface area contributed by atoms with E-state index in [1.807, 2.05) is 11.8 Å². The maximum atomic E-state index is 11.1. The quantitative estimate of drug-likeness (QED) is 0.710. The van der Waals surface area contributed by atoms with Crippen LogP contribution in [0.1, 0.15) is 6.42 Å². The molecular formula is C11H12O2S2. The smallest absolute Gasteiger partial charge is 0.307 e. The molecule has 0 aliphatic carbocycles. The Morgan fingerprint density at radius 2 is 1.93 bits per heavy atom. The first-order valence-corrected chi connectivity index (χ1v) is 7.36. The van der Waals surface area contributed by atoms with Crippen molar-refractivity contribution in [3.63, 3.8) is 0 Å². The Hall–Kier alpha value is -0.0900. The van der Waals surface area contributed by atoms with Gasteiger partial charge in [-0.05, 0) is 18.3 Å². The van der Waals surface area contributed by atoms with E-state index >= 15 is 0 Å². The van der Waals surface area contributed by atoms with Crippen LogP contribution < -0.4 is 0 Å². The highest BCUT2D eigenvalue weighted by atomic mass is 32.2. The van der Waals surface area contributed by atoms with Crippen molar-refractivity contribution in [2.24, 2.45) is 17.8 Å². The molecule has 0 amide bonds. The summed E-state index contributed by atoms with van der Waals surface area (Å²) in [5, 5.41) is 11.6. The lowest BCUT2D eigenvalue weighted by molar-refractivity contribution is -0.142. The SMILES string of the molecule is O=C(O)C1CC2SC1C1C3C=CC(S3)C21. The molecule has 15 heavy (non-hydrogen) atoms. The summed E-state index contributed by atoms with van der Waals surface area (Å²) in [6.45, 7) is 0. The fraction of sp³-hybridized carbons (Fsp3) is 0.727. The van der Waals surface area contributed by atoms with Crippen LogP contribution in [0.2, 0.25) is 0 Å². The molecule has 4 heteroatoms. The van der Waals surface area contributed by atoms with Crippen LogP contribution in [0.4, 0.5) is 0 Å². The maximum Gasteiger partial charge on any atom is 0.307 e. The highest BCUT2D eigenvalue weighted by molar-refractivity contribution is 8.03. The highest BCUT2D eigenvalue weighted by Crippen LogP contribution is 2.66. The third kappa shape index (κ3) is 0.978. The van der Waals surface area contributed by atoms with Crippen molar-refractivity contribution in [1.82, 2.24) is 0 Å². The molecule has 4 bridgehead atoms. The third-order valence-electron chi connectivity index (χ3n) is 4.35. The Balaban J connectivity index is 1.71. The van der Waals surface area contributed by atoms with Crippen molar-refractivity contribution < 1.29 is 9.90 Å². The predicted octanol–water partition coefficient (Wildman–Crippen LogP) is 1.86. The minimum atomic E-state index is -0.565. The van der Waals surface area contributed by atoms with E-state index in [0.717, 1.165) is 12.3 Å². The van der Waals surface area contributed by atoms with E-state index < -0.39 is 5.97 Å². The van der Waals surface area contributed by atoms with Gasteiger partial charge < -0.3 is 5.11 Å². The van der Waals surface area contributed by atoms with Gasteiger partial charge in [0.05, 0.1) is 5.92 Å². The number of hydrogen-bond donors (Lipinski definition) is 1. The highest BCUT2D eigenvalue weighted by Gasteiger charge is 2.63. The van der Waals surface area contributed by atoms with Crippen molar-refractivity contribution in [2.45, 2.75) is 27.4 Å². The lowest BCUT2D eigenvalue weighted by atomic mass is 9.69.